The SMILES string of the molecule is CO/N=C1/CN(c2cc3c(cc2F)c(=O)c2c(=O)[nH]sc2n3C2CC2)CC1CCN. The number of rotatable bonds is 5. The Morgan fingerprint density at radius 2 is 2.17 bits per heavy atom. The maximum atomic E-state index is 15.2. The summed E-state index contributed by atoms with van der Waals surface area (Å²) >= 11 is 1.16. The van der Waals surface area contributed by atoms with E-state index < -0.39 is 16.8 Å². The molecule has 158 valence electrons. The Kier molecular flexibility index (Phi) is 4.62. The molecule has 2 fully saturated rings. The van der Waals surface area contributed by atoms with Crippen LogP contribution in [0.15, 0.2) is 26.9 Å². The summed E-state index contributed by atoms with van der Waals surface area (Å²) in [5.74, 6) is -0.397. The highest BCUT2D eigenvalue weighted by atomic mass is 32.1. The van der Waals surface area contributed by atoms with Crippen LogP contribution in [0.5, 0.6) is 0 Å². The van der Waals surface area contributed by atoms with E-state index in [0.717, 1.165) is 36.5 Å². The van der Waals surface area contributed by atoms with E-state index in [1.54, 1.807) is 6.07 Å². The van der Waals surface area contributed by atoms with Crippen LogP contribution in [-0.2, 0) is 4.84 Å². The van der Waals surface area contributed by atoms with Crippen molar-refractivity contribution in [3.63, 3.8) is 0 Å². The molecule has 10 heteroatoms. The highest BCUT2D eigenvalue weighted by Crippen LogP contribution is 2.41. The molecule has 2 aromatic heterocycles. The molecule has 1 unspecified atom stereocenters. The van der Waals surface area contributed by atoms with E-state index >= 15 is 4.39 Å². The second kappa shape index (κ2) is 7.21. The van der Waals surface area contributed by atoms with E-state index in [2.05, 4.69) is 9.53 Å². The number of nitrogens with two attached hydrogens (primary N) is 1. The van der Waals surface area contributed by atoms with Crippen LogP contribution in [0.4, 0.5) is 10.1 Å². The zero-order valence-electron chi connectivity index (χ0n) is 16.5. The smallest absolute Gasteiger partial charge is 0.271 e. The van der Waals surface area contributed by atoms with Gasteiger partial charge in [0.15, 0.2) is 0 Å². The largest absolute Gasteiger partial charge is 0.399 e. The van der Waals surface area contributed by atoms with Gasteiger partial charge in [0, 0.05) is 23.9 Å². The van der Waals surface area contributed by atoms with Crippen LogP contribution < -0.4 is 21.6 Å². The lowest BCUT2D eigenvalue weighted by molar-refractivity contribution is 0.211. The van der Waals surface area contributed by atoms with Gasteiger partial charge in [0.25, 0.3) is 5.56 Å². The minimum Gasteiger partial charge on any atom is -0.399 e. The van der Waals surface area contributed by atoms with Crippen LogP contribution in [0, 0.1) is 11.7 Å². The number of halogens is 1. The lowest BCUT2D eigenvalue weighted by Gasteiger charge is -2.21. The molecule has 1 aliphatic heterocycles. The Hall–Kier alpha value is -2.72. The molecule has 3 N–H and O–H groups in total. The van der Waals surface area contributed by atoms with Crippen LogP contribution in [-0.4, -0.2) is 41.4 Å². The van der Waals surface area contributed by atoms with Crippen molar-refractivity contribution in [2.75, 3.05) is 31.6 Å². The summed E-state index contributed by atoms with van der Waals surface area (Å²) < 4.78 is 19.9. The van der Waals surface area contributed by atoms with Crippen LogP contribution in [0.3, 0.4) is 0 Å². The number of hydrogen-bond donors (Lipinski definition) is 2. The molecule has 0 bridgehead atoms. The third-order valence-corrected chi connectivity index (χ3v) is 6.82. The Labute approximate surface area is 174 Å². The van der Waals surface area contributed by atoms with Crippen LogP contribution in [0.2, 0.25) is 0 Å². The summed E-state index contributed by atoms with van der Waals surface area (Å²) in [7, 11) is 1.49. The van der Waals surface area contributed by atoms with Gasteiger partial charge in [0.2, 0.25) is 5.43 Å². The van der Waals surface area contributed by atoms with Gasteiger partial charge < -0.3 is 20.0 Å². The molecule has 0 amide bonds. The van der Waals surface area contributed by atoms with Gasteiger partial charge in [-0.25, -0.2) is 4.39 Å². The molecule has 3 heterocycles. The monoisotopic (exact) mass is 431 g/mol. The summed E-state index contributed by atoms with van der Waals surface area (Å²) in [6, 6.07) is 3.23. The molecular weight excluding hydrogens is 409 g/mol. The number of nitrogens with one attached hydrogen (secondary N) is 1. The van der Waals surface area contributed by atoms with Crippen LogP contribution in [0.25, 0.3) is 21.1 Å². The number of pyridine rings is 1. The van der Waals surface area contributed by atoms with Crippen molar-refractivity contribution in [1.82, 2.24) is 8.94 Å². The van der Waals surface area contributed by atoms with Gasteiger partial charge in [-0.15, -0.1) is 0 Å². The molecule has 8 nitrogen and oxygen atoms in total. The van der Waals surface area contributed by atoms with Crippen molar-refractivity contribution in [3.8, 4) is 0 Å². The van der Waals surface area contributed by atoms with Gasteiger partial charge >= 0.3 is 0 Å². The van der Waals surface area contributed by atoms with E-state index in [4.69, 9.17) is 10.6 Å². The minimum atomic E-state index is -0.488. The van der Waals surface area contributed by atoms with Crippen molar-refractivity contribution >= 4 is 44.1 Å². The summed E-state index contributed by atoms with van der Waals surface area (Å²) in [4.78, 5) is 32.7. The molecule has 30 heavy (non-hydrogen) atoms. The van der Waals surface area contributed by atoms with Gasteiger partial charge in [-0.05, 0) is 49.5 Å². The van der Waals surface area contributed by atoms with Gasteiger partial charge in [0.05, 0.1) is 23.5 Å². The normalized spacial score (nSPS) is 20.7. The molecule has 1 saturated carbocycles. The predicted octanol–water partition coefficient (Wildman–Crippen LogP) is 2.17. The Balaban J connectivity index is 1.70. The van der Waals surface area contributed by atoms with Gasteiger partial charge in [-0.2, -0.15) is 0 Å². The van der Waals surface area contributed by atoms with Crippen LogP contribution >= 0.6 is 11.5 Å². The average molecular weight is 431 g/mol. The Morgan fingerprint density at radius 3 is 2.87 bits per heavy atom. The fourth-order valence-corrected chi connectivity index (χ4v) is 5.33. The van der Waals surface area contributed by atoms with Gasteiger partial charge in [0.1, 0.15) is 23.1 Å². The van der Waals surface area contributed by atoms with Gasteiger partial charge in [-0.3, -0.25) is 14.0 Å². The van der Waals surface area contributed by atoms with Gasteiger partial charge in [-0.1, -0.05) is 5.16 Å². The zero-order chi connectivity index (χ0) is 21.0. The minimum absolute atomic E-state index is 0.0908. The molecule has 1 saturated heterocycles. The highest BCUT2D eigenvalue weighted by Gasteiger charge is 2.33. The van der Waals surface area contributed by atoms with Crippen molar-refractivity contribution in [3.05, 3.63) is 38.5 Å². The molecule has 0 radical (unpaired) electrons. The zero-order valence-corrected chi connectivity index (χ0v) is 17.3. The number of nitrogens with zero attached hydrogens (tertiary/aromatic N) is 3. The maximum absolute atomic E-state index is 15.2. The molecule has 5 rings (SSSR count). The summed E-state index contributed by atoms with van der Waals surface area (Å²) in [6.07, 6.45) is 2.68. The Bertz CT molecular complexity index is 1290. The lowest BCUT2D eigenvalue weighted by Crippen LogP contribution is -2.22. The fourth-order valence-electron chi connectivity index (χ4n) is 4.40. The first-order valence-electron chi connectivity index (χ1n) is 9.97. The predicted molar refractivity (Wildman–Crippen MR) is 116 cm³/mol. The van der Waals surface area contributed by atoms with Crippen molar-refractivity contribution in [2.24, 2.45) is 16.8 Å². The molecule has 1 atom stereocenters. The number of aromatic nitrogens is 2. The first-order valence-corrected chi connectivity index (χ1v) is 10.8. The Morgan fingerprint density at radius 1 is 1.37 bits per heavy atom. The van der Waals surface area contributed by atoms with E-state index in [1.165, 1.54) is 13.2 Å². The van der Waals surface area contributed by atoms with Crippen LogP contribution in [0.1, 0.15) is 25.3 Å². The first kappa shape index (κ1) is 19.3. The number of aromatic amines is 1. The second-order valence-corrected chi connectivity index (χ2v) is 8.68. The number of hydrogen-bond acceptors (Lipinski definition) is 7. The van der Waals surface area contributed by atoms with Crippen molar-refractivity contribution < 1.29 is 9.23 Å². The number of anilines is 1. The van der Waals surface area contributed by atoms with E-state index in [9.17, 15) is 9.59 Å². The molecule has 1 aromatic carbocycles. The first-order chi connectivity index (χ1) is 14.5. The molecular formula is C20H22FN5O3S. The topological polar surface area (TPSA) is 106 Å². The van der Waals surface area contributed by atoms with E-state index in [-0.39, 0.29) is 22.7 Å². The summed E-state index contributed by atoms with van der Waals surface area (Å²) in [6.45, 7) is 1.52. The summed E-state index contributed by atoms with van der Waals surface area (Å²) in [5.41, 5.74) is 6.81. The van der Waals surface area contributed by atoms with E-state index in [1.807, 2.05) is 9.47 Å². The maximum Gasteiger partial charge on any atom is 0.271 e. The average Bonchev–Trinajstić information content (AvgIpc) is 3.37. The van der Waals surface area contributed by atoms with E-state index in [0.29, 0.717) is 35.7 Å². The number of H-pyrrole nitrogens is 1. The second-order valence-electron chi connectivity index (χ2n) is 7.88. The number of fused-ring (bicyclic) bond motifs is 2. The fraction of sp³-hybridized carbons (Fsp3) is 0.450. The third-order valence-electron chi connectivity index (χ3n) is 5.94. The number of benzene rings is 1. The molecule has 0 spiro atoms. The third kappa shape index (κ3) is 2.93. The number of oxime groups is 1. The van der Waals surface area contributed by atoms with Crippen molar-refractivity contribution in [2.45, 2.75) is 25.3 Å². The highest BCUT2D eigenvalue weighted by molar-refractivity contribution is 7.12. The molecule has 2 aliphatic rings. The quantitative estimate of drug-likeness (QED) is 0.603. The standard InChI is InChI=1S/C20H22FN5O3S/c1-29-23-14-9-25(8-10(14)4-5-22)16-7-15-12(6-13(16)21)18(27)17-19(28)24-30-20(17)26(15)11-2-3-11/h6-7,10-11H,2-5,8-9,22H2,1H3,(H,24,28)/b23-14-. The molecule has 3 aromatic rings. The van der Waals surface area contributed by atoms with Crippen molar-refractivity contribution in [1.29, 1.82) is 0 Å². The summed E-state index contributed by atoms with van der Waals surface area (Å²) in [5, 5.41) is 4.46. The lowest BCUT2D eigenvalue weighted by atomic mass is 10.0. The molecule has 1 aliphatic carbocycles.